The smallest absolute Gasteiger partial charge is 0.256 e. The molecule has 1 aliphatic rings. The van der Waals surface area contributed by atoms with Crippen LogP contribution in [-0.2, 0) is 4.74 Å². The van der Waals surface area contributed by atoms with Gasteiger partial charge in [-0.05, 0) is 26.0 Å². The van der Waals surface area contributed by atoms with Crippen molar-refractivity contribution in [2.75, 3.05) is 45.1 Å². The van der Waals surface area contributed by atoms with E-state index in [9.17, 15) is 4.79 Å². The largest absolute Gasteiger partial charge is 0.398 e. The highest BCUT2D eigenvalue weighted by Crippen LogP contribution is 2.15. The third kappa shape index (κ3) is 4.44. The van der Waals surface area contributed by atoms with Crippen molar-refractivity contribution in [3.63, 3.8) is 0 Å². The number of carbonyl (C=O) groups is 1. The predicted molar refractivity (Wildman–Crippen MR) is 84.3 cm³/mol. The molecule has 0 unspecified atom stereocenters. The summed E-state index contributed by atoms with van der Waals surface area (Å²) in [4.78, 5) is 16.6. The van der Waals surface area contributed by atoms with Gasteiger partial charge in [0.05, 0.1) is 18.3 Å². The number of amides is 1. The van der Waals surface area contributed by atoms with Gasteiger partial charge >= 0.3 is 0 Å². The minimum atomic E-state index is 0.0335. The molecule has 1 saturated heterocycles. The molecule has 21 heavy (non-hydrogen) atoms. The van der Waals surface area contributed by atoms with Gasteiger partial charge in [0.25, 0.3) is 5.91 Å². The number of nitrogens with zero attached hydrogens (tertiary/aromatic N) is 2. The van der Waals surface area contributed by atoms with Crippen molar-refractivity contribution in [2.45, 2.75) is 20.0 Å². The number of hydrogen-bond acceptors (Lipinski definition) is 4. The van der Waals surface area contributed by atoms with Crippen molar-refractivity contribution in [1.82, 2.24) is 9.80 Å². The van der Waals surface area contributed by atoms with Gasteiger partial charge in [-0.2, -0.15) is 0 Å². The average Bonchev–Trinajstić information content (AvgIpc) is 2.47. The highest BCUT2D eigenvalue weighted by molar-refractivity contribution is 5.99. The van der Waals surface area contributed by atoms with E-state index in [1.807, 2.05) is 30.9 Å². The standard InChI is InChI=1S/C16H25N3O2/c1-13(2)21-12-11-18-7-9-19(10-8-18)16(20)14-5-3-4-6-15(14)17/h3-6,13H,7-12,17H2,1-2H3. The maximum absolute atomic E-state index is 12.4. The van der Waals surface area contributed by atoms with Crippen LogP contribution in [0.4, 0.5) is 5.69 Å². The van der Waals surface area contributed by atoms with Gasteiger partial charge in [-0.1, -0.05) is 12.1 Å². The van der Waals surface area contributed by atoms with E-state index in [0.29, 0.717) is 11.3 Å². The summed E-state index contributed by atoms with van der Waals surface area (Å²) in [6, 6.07) is 7.26. The summed E-state index contributed by atoms with van der Waals surface area (Å²) in [5, 5.41) is 0. The SMILES string of the molecule is CC(C)OCCN1CCN(C(=O)c2ccccc2N)CC1. The Morgan fingerprint density at radius 3 is 2.52 bits per heavy atom. The van der Waals surface area contributed by atoms with Crippen LogP contribution in [0.3, 0.4) is 0 Å². The fourth-order valence-electron chi connectivity index (χ4n) is 2.45. The first-order chi connectivity index (χ1) is 10.1. The zero-order valence-corrected chi connectivity index (χ0v) is 12.9. The van der Waals surface area contributed by atoms with Crippen molar-refractivity contribution in [3.8, 4) is 0 Å². The fourth-order valence-corrected chi connectivity index (χ4v) is 2.45. The minimum Gasteiger partial charge on any atom is -0.398 e. The maximum atomic E-state index is 12.4. The second kappa shape index (κ2) is 7.43. The molecule has 1 aromatic carbocycles. The number of ether oxygens (including phenoxy) is 1. The number of carbonyl (C=O) groups excluding carboxylic acids is 1. The van der Waals surface area contributed by atoms with Crippen molar-refractivity contribution < 1.29 is 9.53 Å². The number of nitrogens with two attached hydrogens (primary N) is 1. The first-order valence-corrected chi connectivity index (χ1v) is 7.55. The molecule has 0 radical (unpaired) electrons. The van der Waals surface area contributed by atoms with E-state index >= 15 is 0 Å². The number of para-hydroxylation sites is 1. The van der Waals surface area contributed by atoms with Crippen LogP contribution in [-0.4, -0.2) is 61.1 Å². The Bertz CT molecular complexity index is 468. The summed E-state index contributed by atoms with van der Waals surface area (Å²) >= 11 is 0. The molecule has 5 nitrogen and oxygen atoms in total. The molecule has 1 amide bonds. The van der Waals surface area contributed by atoms with Gasteiger partial charge in [0.2, 0.25) is 0 Å². The van der Waals surface area contributed by atoms with Crippen LogP contribution in [0.1, 0.15) is 24.2 Å². The summed E-state index contributed by atoms with van der Waals surface area (Å²) in [6.45, 7) is 9.02. The number of benzene rings is 1. The number of piperazine rings is 1. The maximum Gasteiger partial charge on any atom is 0.256 e. The first-order valence-electron chi connectivity index (χ1n) is 7.55. The van der Waals surface area contributed by atoms with E-state index < -0.39 is 0 Å². The minimum absolute atomic E-state index is 0.0335. The highest BCUT2D eigenvalue weighted by atomic mass is 16.5. The molecular formula is C16H25N3O2. The van der Waals surface area contributed by atoms with Crippen LogP contribution in [0.15, 0.2) is 24.3 Å². The molecule has 1 aromatic rings. The molecule has 116 valence electrons. The molecule has 2 rings (SSSR count). The summed E-state index contributed by atoms with van der Waals surface area (Å²) in [7, 11) is 0. The van der Waals surface area contributed by atoms with Gasteiger partial charge in [0.1, 0.15) is 0 Å². The zero-order valence-electron chi connectivity index (χ0n) is 12.9. The molecule has 0 spiro atoms. The van der Waals surface area contributed by atoms with Crippen LogP contribution in [0, 0.1) is 0 Å². The Morgan fingerprint density at radius 1 is 1.24 bits per heavy atom. The van der Waals surface area contributed by atoms with Crippen LogP contribution in [0.5, 0.6) is 0 Å². The summed E-state index contributed by atoms with van der Waals surface area (Å²) < 4.78 is 5.57. The topological polar surface area (TPSA) is 58.8 Å². The van der Waals surface area contributed by atoms with Crippen molar-refractivity contribution in [3.05, 3.63) is 29.8 Å². The summed E-state index contributed by atoms with van der Waals surface area (Å²) in [5.41, 5.74) is 7.03. The van der Waals surface area contributed by atoms with Gasteiger partial charge in [0, 0.05) is 38.4 Å². The molecule has 0 aliphatic carbocycles. The average molecular weight is 291 g/mol. The van der Waals surface area contributed by atoms with Crippen molar-refractivity contribution in [1.29, 1.82) is 0 Å². The van der Waals surface area contributed by atoms with E-state index in [-0.39, 0.29) is 12.0 Å². The number of nitrogen functional groups attached to an aromatic ring is 1. The number of hydrogen-bond donors (Lipinski definition) is 1. The summed E-state index contributed by atoms with van der Waals surface area (Å²) in [6.07, 6.45) is 0.272. The van der Waals surface area contributed by atoms with E-state index in [0.717, 1.165) is 39.3 Å². The van der Waals surface area contributed by atoms with Crippen LogP contribution >= 0.6 is 0 Å². The van der Waals surface area contributed by atoms with Crippen molar-refractivity contribution in [2.24, 2.45) is 0 Å². The first kappa shape index (κ1) is 15.8. The van der Waals surface area contributed by atoms with Crippen LogP contribution < -0.4 is 5.73 Å². The molecule has 0 aromatic heterocycles. The second-order valence-electron chi connectivity index (χ2n) is 5.64. The van der Waals surface area contributed by atoms with Gasteiger partial charge in [-0.15, -0.1) is 0 Å². The monoisotopic (exact) mass is 291 g/mol. The molecular weight excluding hydrogens is 266 g/mol. The molecule has 1 fully saturated rings. The molecule has 5 heteroatoms. The predicted octanol–water partition coefficient (Wildman–Crippen LogP) is 1.45. The molecule has 0 atom stereocenters. The Hall–Kier alpha value is -1.59. The lowest BCUT2D eigenvalue weighted by Gasteiger charge is -2.35. The quantitative estimate of drug-likeness (QED) is 0.834. The van der Waals surface area contributed by atoms with Gasteiger partial charge < -0.3 is 15.4 Å². The Balaban J connectivity index is 1.81. The van der Waals surface area contributed by atoms with Crippen LogP contribution in [0.25, 0.3) is 0 Å². The lowest BCUT2D eigenvalue weighted by Crippen LogP contribution is -2.49. The van der Waals surface area contributed by atoms with E-state index in [1.54, 1.807) is 12.1 Å². The summed E-state index contributed by atoms with van der Waals surface area (Å²) in [5.74, 6) is 0.0335. The van der Waals surface area contributed by atoms with Gasteiger partial charge in [-0.3, -0.25) is 9.69 Å². The van der Waals surface area contributed by atoms with E-state index in [2.05, 4.69) is 4.90 Å². The van der Waals surface area contributed by atoms with Crippen molar-refractivity contribution >= 4 is 11.6 Å². The third-order valence-electron chi connectivity index (χ3n) is 3.71. The number of anilines is 1. The fraction of sp³-hybridized carbons (Fsp3) is 0.562. The Morgan fingerprint density at radius 2 is 1.90 bits per heavy atom. The van der Waals surface area contributed by atoms with Gasteiger partial charge in [0.15, 0.2) is 0 Å². The molecule has 1 heterocycles. The number of rotatable bonds is 5. The molecule has 0 saturated carbocycles. The normalized spacial score (nSPS) is 16.4. The molecule has 1 aliphatic heterocycles. The zero-order chi connectivity index (χ0) is 15.2. The van der Waals surface area contributed by atoms with Gasteiger partial charge in [-0.25, -0.2) is 0 Å². The third-order valence-corrected chi connectivity index (χ3v) is 3.71. The lowest BCUT2D eigenvalue weighted by molar-refractivity contribution is 0.0407. The second-order valence-corrected chi connectivity index (χ2v) is 5.64. The van der Waals surface area contributed by atoms with E-state index in [4.69, 9.17) is 10.5 Å². The van der Waals surface area contributed by atoms with E-state index in [1.165, 1.54) is 0 Å². The van der Waals surface area contributed by atoms with Crippen LogP contribution in [0.2, 0.25) is 0 Å². The lowest BCUT2D eigenvalue weighted by atomic mass is 10.1. The molecule has 2 N–H and O–H groups in total. The Kier molecular flexibility index (Phi) is 5.59. The highest BCUT2D eigenvalue weighted by Gasteiger charge is 2.22. The Labute approximate surface area is 126 Å². The molecule has 0 bridgehead atoms.